The van der Waals surface area contributed by atoms with E-state index in [0.717, 1.165) is 18.5 Å². The number of carbonyl (C=O) groups is 1. The first-order valence-corrected chi connectivity index (χ1v) is 5.04. The van der Waals surface area contributed by atoms with E-state index in [-0.39, 0.29) is 5.78 Å². The summed E-state index contributed by atoms with van der Waals surface area (Å²) in [6.07, 6.45) is 1.14. The van der Waals surface area contributed by atoms with Crippen LogP contribution in [-0.2, 0) is 0 Å². The van der Waals surface area contributed by atoms with Crippen LogP contribution < -0.4 is 5.73 Å². The van der Waals surface area contributed by atoms with E-state index in [0.29, 0.717) is 11.8 Å². The zero-order valence-corrected chi connectivity index (χ0v) is 8.36. The van der Waals surface area contributed by atoms with Crippen molar-refractivity contribution in [1.29, 1.82) is 0 Å². The molecule has 2 N–H and O–H groups in total. The van der Waals surface area contributed by atoms with Crippen LogP contribution in [0.25, 0.3) is 0 Å². The molecule has 2 atom stereocenters. The Balaban J connectivity index is 2.29. The van der Waals surface area contributed by atoms with Crippen LogP contribution in [0.5, 0.6) is 0 Å². The molecule has 0 heterocycles. The van der Waals surface area contributed by atoms with Crippen LogP contribution >= 0.6 is 0 Å². The van der Waals surface area contributed by atoms with Gasteiger partial charge in [-0.15, -0.1) is 0 Å². The minimum atomic E-state index is 0.156. The Bertz CT molecular complexity index is 359. The highest BCUT2D eigenvalue weighted by atomic mass is 16.1. The fraction of sp³-hybridized carbons (Fsp3) is 0.417. The SMILES string of the molecule is CC(=O)c1ccccc1C1CC1CN. The van der Waals surface area contributed by atoms with Gasteiger partial charge >= 0.3 is 0 Å². The monoisotopic (exact) mass is 189 g/mol. The number of benzene rings is 1. The van der Waals surface area contributed by atoms with Gasteiger partial charge in [-0.2, -0.15) is 0 Å². The Hall–Kier alpha value is -1.15. The van der Waals surface area contributed by atoms with Gasteiger partial charge < -0.3 is 5.73 Å². The first-order chi connectivity index (χ1) is 6.74. The predicted molar refractivity (Wildman–Crippen MR) is 56.3 cm³/mol. The number of ketones is 1. The molecule has 14 heavy (non-hydrogen) atoms. The molecule has 0 aromatic heterocycles. The van der Waals surface area contributed by atoms with Crippen molar-refractivity contribution in [3.63, 3.8) is 0 Å². The second-order valence-corrected chi connectivity index (χ2v) is 3.98. The summed E-state index contributed by atoms with van der Waals surface area (Å²) in [7, 11) is 0. The van der Waals surface area contributed by atoms with Crippen LogP contribution in [0.2, 0.25) is 0 Å². The highest BCUT2D eigenvalue weighted by Gasteiger charge is 2.38. The number of nitrogens with two attached hydrogens (primary N) is 1. The molecule has 2 unspecified atom stereocenters. The maximum Gasteiger partial charge on any atom is 0.160 e. The Labute approximate surface area is 84.1 Å². The lowest BCUT2D eigenvalue weighted by atomic mass is 9.99. The van der Waals surface area contributed by atoms with Crippen LogP contribution in [0.4, 0.5) is 0 Å². The van der Waals surface area contributed by atoms with Crippen molar-refractivity contribution in [3.05, 3.63) is 35.4 Å². The Morgan fingerprint density at radius 1 is 1.50 bits per heavy atom. The molecule has 2 heteroatoms. The number of Topliss-reactive ketones (excluding diaryl/α,β-unsaturated/α-hetero) is 1. The van der Waals surface area contributed by atoms with Gasteiger partial charge in [0.25, 0.3) is 0 Å². The van der Waals surface area contributed by atoms with Crippen molar-refractivity contribution in [3.8, 4) is 0 Å². The fourth-order valence-electron chi connectivity index (χ4n) is 2.03. The van der Waals surface area contributed by atoms with Gasteiger partial charge in [0.15, 0.2) is 5.78 Å². The van der Waals surface area contributed by atoms with Gasteiger partial charge in [0.05, 0.1) is 0 Å². The molecule has 1 aromatic carbocycles. The van der Waals surface area contributed by atoms with Crippen molar-refractivity contribution in [2.45, 2.75) is 19.3 Å². The fourth-order valence-corrected chi connectivity index (χ4v) is 2.03. The molecule has 74 valence electrons. The maximum atomic E-state index is 11.4. The highest BCUT2D eigenvalue weighted by Crippen LogP contribution is 2.47. The zero-order valence-electron chi connectivity index (χ0n) is 8.36. The average Bonchev–Trinajstić information content (AvgIpc) is 2.96. The lowest BCUT2D eigenvalue weighted by molar-refractivity contribution is 0.101. The van der Waals surface area contributed by atoms with Gasteiger partial charge in [0.2, 0.25) is 0 Å². The van der Waals surface area contributed by atoms with Crippen molar-refractivity contribution in [1.82, 2.24) is 0 Å². The lowest BCUT2D eigenvalue weighted by Gasteiger charge is -2.05. The van der Waals surface area contributed by atoms with E-state index < -0.39 is 0 Å². The summed E-state index contributed by atoms with van der Waals surface area (Å²) >= 11 is 0. The molecule has 0 amide bonds. The molecule has 2 nitrogen and oxygen atoms in total. The molecule has 0 aliphatic heterocycles. The summed E-state index contributed by atoms with van der Waals surface area (Å²) in [5, 5.41) is 0. The molecule has 1 aliphatic rings. The summed E-state index contributed by atoms with van der Waals surface area (Å²) in [5.74, 6) is 1.28. The predicted octanol–water partition coefficient (Wildman–Crippen LogP) is 1.95. The molecule has 0 radical (unpaired) electrons. The van der Waals surface area contributed by atoms with E-state index in [9.17, 15) is 4.79 Å². The summed E-state index contributed by atoms with van der Waals surface area (Å²) < 4.78 is 0. The second kappa shape index (κ2) is 3.54. The van der Waals surface area contributed by atoms with Crippen molar-refractivity contribution in [2.24, 2.45) is 11.7 Å². The third-order valence-electron chi connectivity index (χ3n) is 2.96. The minimum absolute atomic E-state index is 0.156. The summed E-state index contributed by atoms with van der Waals surface area (Å²) in [4.78, 5) is 11.4. The Kier molecular flexibility index (Phi) is 2.38. The first kappa shape index (κ1) is 9.41. The largest absolute Gasteiger partial charge is 0.330 e. The van der Waals surface area contributed by atoms with Crippen LogP contribution in [0.15, 0.2) is 24.3 Å². The van der Waals surface area contributed by atoms with E-state index in [2.05, 4.69) is 6.07 Å². The van der Waals surface area contributed by atoms with E-state index in [1.54, 1.807) is 6.92 Å². The van der Waals surface area contributed by atoms with Crippen molar-refractivity contribution < 1.29 is 4.79 Å². The molecule has 2 rings (SSSR count). The van der Waals surface area contributed by atoms with Crippen LogP contribution in [-0.4, -0.2) is 12.3 Å². The second-order valence-electron chi connectivity index (χ2n) is 3.98. The molecular formula is C12H15NO. The molecule has 1 fully saturated rings. The molecular weight excluding hydrogens is 174 g/mol. The van der Waals surface area contributed by atoms with Crippen LogP contribution in [0.1, 0.15) is 35.2 Å². The number of carbonyl (C=O) groups excluding carboxylic acids is 1. The standard InChI is InChI=1S/C12H15NO/c1-8(14)10-4-2-3-5-11(10)12-6-9(12)7-13/h2-5,9,12H,6-7,13H2,1H3. The maximum absolute atomic E-state index is 11.4. The van der Waals surface area contributed by atoms with Crippen LogP contribution in [0, 0.1) is 5.92 Å². The number of hydrogen-bond donors (Lipinski definition) is 1. The smallest absolute Gasteiger partial charge is 0.160 e. The van der Waals surface area contributed by atoms with Crippen LogP contribution in [0.3, 0.4) is 0 Å². The number of rotatable bonds is 3. The molecule has 0 spiro atoms. The highest BCUT2D eigenvalue weighted by molar-refractivity contribution is 5.95. The topological polar surface area (TPSA) is 43.1 Å². The third kappa shape index (κ3) is 1.58. The van der Waals surface area contributed by atoms with Gasteiger partial charge in [-0.1, -0.05) is 24.3 Å². The summed E-state index contributed by atoms with van der Waals surface area (Å²) in [6.45, 7) is 2.36. The average molecular weight is 189 g/mol. The molecule has 0 bridgehead atoms. The Morgan fingerprint density at radius 3 is 2.79 bits per heavy atom. The van der Waals surface area contributed by atoms with E-state index in [4.69, 9.17) is 5.73 Å². The van der Waals surface area contributed by atoms with Gasteiger partial charge in [-0.05, 0) is 37.3 Å². The first-order valence-electron chi connectivity index (χ1n) is 5.04. The van der Waals surface area contributed by atoms with Gasteiger partial charge in [-0.25, -0.2) is 0 Å². The molecule has 1 aliphatic carbocycles. The van der Waals surface area contributed by atoms with Gasteiger partial charge in [0.1, 0.15) is 0 Å². The van der Waals surface area contributed by atoms with E-state index in [1.807, 2.05) is 18.2 Å². The zero-order chi connectivity index (χ0) is 10.1. The van der Waals surface area contributed by atoms with E-state index in [1.165, 1.54) is 5.56 Å². The molecule has 1 saturated carbocycles. The van der Waals surface area contributed by atoms with Crippen molar-refractivity contribution in [2.75, 3.05) is 6.54 Å². The van der Waals surface area contributed by atoms with Gasteiger partial charge in [-0.3, -0.25) is 4.79 Å². The van der Waals surface area contributed by atoms with Crippen molar-refractivity contribution >= 4 is 5.78 Å². The number of hydrogen-bond acceptors (Lipinski definition) is 2. The molecule has 0 saturated heterocycles. The lowest BCUT2D eigenvalue weighted by Crippen LogP contribution is -2.04. The molecule has 1 aromatic rings. The summed E-state index contributed by atoms with van der Waals surface area (Å²) in [5.41, 5.74) is 7.66. The third-order valence-corrected chi connectivity index (χ3v) is 2.96. The normalized spacial score (nSPS) is 24.7. The van der Waals surface area contributed by atoms with Gasteiger partial charge in [0, 0.05) is 5.56 Å². The quantitative estimate of drug-likeness (QED) is 0.738. The van der Waals surface area contributed by atoms with E-state index >= 15 is 0 Å². The minimum Gasteiger partial charge on any atom is -0.330 e. The summed E-state index contributed by atoms with van der Waals surface area (Å²) in [6, 6.07) is 7.87. The Morgan fingerprint density at radius 2 is 2.21 bits per heavy atom.